The van der Waals surface area contributed by atoms with Crippen LogP contribution >= 0.6 is 0 Å². The standard InChI is InChI=1S/C15H24N2/c1-2-15-12-14(4-3-9-17-15)6-5-13-7-10-16-11-8-13/h3,9,12-13,16H,2,4-8,10-11H2,1H3. The Bertz CT molecular complexity index is 320. The highest BCUT2D eigenvalue weighted by molar-refractivity contribution is 5.96. The fraction of sp³-hybridized carbons (Fsp3) is 0.667. The van der Waals surface area contributed by atoms with Crippen molar-refractivity contribution in [3.63, 3.8) is 0 Å². The predicted molar refractivity (Wildman–Crippen MR) is 74.4 cm³/mol. The van der Waals surface area contributed by atoms with Gasteiger partial charge in [0, 0.05) is 11.9 Å². The maximum Gasteiger partial charge on any atom is 0.0400 e. The van der Waals surface area contributed by atoms with Crippen LogP contribution in [-0.2, 0) is 0 Å². The molecule has 1 fully saturated rings. The lowest BCUT2D eigenvalue weighted by atomic mass is 9.90. The average molecular weight is 232 g/mol. The minimum Gasteiger partial charge on any atom is -0.317 e. The van der Waals surface area contributed by atoms with E-state index in [-0.39, 0.29) is 0 Å². The number of allylic oxidation sites excluding steroid dienone is 3. The van der Waals surface area contributed by atoms with Gasteiger partial charge in [0.2, 0.25) is 0 Å². The first-order valence-electron chi connectivity index (χ1n) is 7.00. The third-order valence-electron chi connectivity index (χ3n) is 3.79. The smallest absolute Gasteiger partial charge is 0.0400 e. The molecule has 0 aromatic heterocycles. The van der Waals surface area contributed by atoms with E-state index >= 15 is 0 Å². The molecule has 94 valence electrons. The van der Waals surface area contributed by atoms with Crippen LogP contribution in [0.3, 0.4) is 0 Å². The predicted octanol–water partition coefficient (Wildman–Crippen LogP) is 3.46. The molecular formula is C15H24N2. The second-order valence-corrected chi connectivity index (χ2v) is 5.10. The van der Waals surface area contributed by atoms with Crippen LogP contribution in [0.4, 0.5) is 0 Å². The number of rotatable bonds is 4. The van der Waals surface area contributed by atoms with Crippen molar-refractivity contribution in [2.75, 3.05) is 13.1 Å². The normalized spacial score (nSPS) is 21.9. The molecule has 0 bridgehead atoms. The number of hydrogen-bond acceptors (Lipinski definition) is 2. The first-order chi connectivity index (χ1) is 8.38. The Hall–Kier alpha value is -0.890. The topological polar surface area (TPSA) is 24.4 Å². The Morgan fingerprint density at radius 1 is 1.35 bits per heavy atom. The lowest BCUT2D eigenvalue weighted by Gasteiger charge is -2.22. The summed E-state index contributed by atoms with van der Waals surface area (Å²) in [5, 5.41) is 3.43. The molecule has 0 atom stereocenters. The molecule has 17 heavy (non-hydrogen) atoms. The van der Waals surface area contributed by atoms with Crippen LogP contribution in [0.15, 0.2) is 28.9 Å². The van der Waals surface area contributed by atoms with E-state index in [1.165, 1.54) is 44.5 Å². The van der Waals surface area contributed by atoms with Crippen molar-refractivity contribution in [3.8, 4) is 0 Å². The summed E-state index contributed by atoms with van der Waals surface area (Å²) in [7, 11) is 0. The van der Waals surface area contributed by atoms with Gasteiger partial charge in [-0.15, -0.1) is 0 Å². The van der Waals surface area contributed by atoms with Gasteiger partial charge in [0.15, 0.2) is 0 Å². The molecule has 0 saturated carbocycles. The molecule has 2 rings (SSSR count). The van der Waals surface area contributed by atoms with E-state index in [2.05, 4.69) is 29.4 Å². The molecule has 0 spiro atoms. The molecular weight excluding hydrogens is 208 g/mol. The second kappa shape index (κ2) is 6.75. The maximum absolute atomic E-state index is 4.44. The summed E-state index contributed by atoms with van der Waals surface area (Å²) in [4.78, 5) is 4.44. The molecule has 0 aromatic rings. The number of piperidine rings is 1. The van der Waals surface area contributed by atoms with E-state index in [9.17, 15) is 0 Å². The quantitative estimate of drug-likeness (QED) is 0.788. The Balaban J connectivity index is 1.83. The monoisotopic (exact) mass is 232 g/mol. The zero-order valence-electron chi connectivity index (χ0n) is 10.9. The zero-order chi connectivity index (χ0) is 11.9. The zero-order valence-corrected chi connectivity index (χ0v) is 10.9. The van der Waals surface area contributed by atoms with Gasteiger partial charge in [0.05, 0.1) is 0 Å². The molecule has 0 amide bonds. The fourth-order valence-electron chi connectivity index (χ4n) is 2.61. The van der Waals surface area contributed by atoms with Gasteiger partial charge in [0.25, 0.3) is 0 Å². The summed E-state index contributed by atoms with van der Waals surface area (Å²) < 4.78 is 0. The number of aliphatic imine (C=N–C) groups is 1. The van der Waals surface area contributed by atoms with Crippen LogP contribution in [0, 0.1) is 5.92 Å². The van der Waals surface area contributed by atoms with Crippen molar-refractivity contribution in [1.29, 1.82) is 0 Å². The van der Waals surface area contributed by atoms with Crippen molar-refractivity contribution in [2.45, 2.75) is 45.4 Å². The van der Waals surface area contributed by atoms with Gasteiger partial charge in [-0.25, -0.2) is 0 Å². The Morgan fingerprint density at radius 2 is 2.18 bits per heavy atom. The van der Waals surface area contributed by atoms with Gasteiger partial charge < -0.3 is 5.32 Å². The Kier molecular flexibility index (Phi) is 4.99. The van der Waals surface area contributed by atoms with Gasteiger partial charge in [-0.05, 0) is 63.6 Å². The van der Waals surface area contributed by atoms with E-state index in [1.54, 1.807) is 5.57 Å². The number of nitrogens with one attached hydrogen (secondary N) is 1. The maximum atomic E-state index is 4.44. The third kappa shape index (κ3) is 4.12. The summed E-state index contributed by atoms with van der Waals surface area (Å²) >= 11 is 0. The highest BCUT2D eigenvalue weighted by Crippen LogP contribution is 2.23. The summed E-state index contributed by atoms with van der Waals surface area (Å²) in [6.45, 7) is 4.61. The van der Waals surface area contributed by atoms with Crippen molar-refractivity contribution in [1.82, 2.24) is 5.32 Å². The largest absolute Gasteiger partial charge is 0.317 e. The molecule has 2 aliphatic heterocycles. The average Bonchev–Trinajstić information content (AvgIpc) is 2.62. The molecule has 2 heteroatoms. The summed E-state index contributed by atoms with van der Waals surface area (Å²) in [6.07, 6.45) is 14.0. The van der Waals surface area contributed by atoms with Crippen molar-refractivity contribution < 1.29 is 0 Å². The van der Waals surface area contributed by atoms with E-state index in [1.807, 2.05) is 6.20 Å². The van der Waals surface area contributed by atoms with Crippen LogP contribution in [0.5, 0.6) is 0 Å². The van der Waals surface area contributed by atoms with Crippen LogP contribution in [0.1, 0.15) is 45.4 Å². The lowest BCUT2D eigenvalue weighted by molar-refractivity contribution is 0.353. The van der Waals surface area contributed by atoms with Crippen molar-refractivity contribution in [2.24, 2.45) is 10.9 Å². The minimum absolute atomic E-state index is 0.936. The van der Waals surface area contributed by atoms with Gasteiger partial charge in [-0.1, -0.05) is 18.6 Å². The van der Waals surface area contributed by atoms with Crippen molar-refractivity contribution in [3.05, 3.63) is 23.9 Å². The Labute approximate surface area is 105 Å². The van der Waals surface area contributed by atoms with Gasteiger partial charge >= 0.3 is 0 Å². The van der Waals surface area contributed by atoms with E-state index < -0.39 is 0 Å². The Morgan fingerprint density at radius 3 is 2.94 bits per heavy atom. The molecule has 2 nitrogen and oxygen atoms in total. The molecule has 0 unspecified atom stereocenters. The van der Waals surface area contributed by atoms with E-state index in [0.29, 0.717) is 0 Å². The molecule has 0 aromatic carbocycles. The minimum atomic E-state index is 0.936. The second-order valence-electron chi connectivity index (χ2n) is 5.10. The molecule has 0 radical (unpaired) electrons. The number of nitrogens with zero attached hydrogens (tertiary/aromatic N) is 1. The lowest BCUT2D eigenvalue weighted by Crippen LogP contribution is -2.27. The molecule has 2 heterocycles. The van der Waals surface area contributed by atoms with Crippen LogP contribution < -0.4 is 5.32 Å². The first-order valence-corrected chi connectivity index (χ1v) is 7.00. The highest BCUT2D eigenvalue weighted by Gasteiger charge is 2.13. The fourth-order valence-corrected chi connectivity index (χ4v) is 2.61. The third-order valence-corrected chi connectivity index (χ3v) is 3.79. The van der Waals surface area contributed by atoms with Gasteiger partial charge in [0.1, 0.15) is 0 Å². The first kappa shape index (κ1) is 12.6. The number of hydrogen-bond donors (Lipinski definition) is 1. The van der Waals surface area contributed by atoms with E-state index in [0.717, 1.165) is 18.8 Å². The molecule has 2 aliphatic rings. The van der Waals surface area contributed by atoms with Crippen molar-refractivity contribution >= 4 is 5.71 Å². The van der Waals surface area contributed by atoms with Crippen LogP contribution in [0.2, 0.25) is 0 Å². The van der Waals surface area contributed by atoms with Crippen LogP contribution in [-0.4, -0.2) is 18.8 Å². The SMILES string of the molecule is CCC1=NC=CCC(CCC2CCNCC2)=C1. The highest BCUT2D eigenvalue weighted by atomic mass is 14.9. The summed E-state index contributed by atoms with van der Waals surface area (Å²) in [5.74, 6) is 0.936. The van der Waals surface area contributed by atoms with Gasteiger partial charge in [-0.3, -0.25) is 4.99 Å². The summed E-state index contributed by atoms with van der Waals surface area (Å²) in [5.41, 5.74) is 2.80. The molecule has 1 saturated heterocycles. The molecule has 0 aliphatic carbocycles. The van der Waals surface area contributed by atoms with E-state index in [4.69, 9.17) is 0 Å². The molecule has 1 N–H and O–H groups in total. The van der Waals surface area contributed by atoms with Gasteiger partial charge in [-0.2, -0.15) is 0 Å². The van der Waals surface area contributed by atoms with Crippen LogP contribution in [0.25, 0.3) is 0 Å². The summed E-state index contributed by atoms with van der Waals surface area (Å²) in [6, 6.07) is 0.